The number of hydrogen-bond acceptors (Lipinski definition) is 3. The molecule has 4 nitrogen and oxygen atoms in total. The molecule has 0 aliphatic rings. The molecule has 2 N–H and O–H groups in total. The van der Waals surface area contributed by atoms with Gasteiger partial charge in [0.2, 0.25) is 0 Å². The molecule has 0 unspecified atom stereocenters. The Morgan fingerprint density at radius 2 is 2.46 bits per heavy atom. The van der Waals surface area contributed by atoms with Gasteiger partial charge in [-0.3, -0.25) is 4.79 Å². The van der Waals surface area contributed by atoms with Crippen LogP contribution in [0.2, 0.25) is 0 Å². The van der Waals surface area contributed by atoms with E-state index in [4.69, 9.17) is 0 Å². The fourth-order valence-corrected chi connectivity index (χ4v) is 0.988. The minimum atomic E-state index is -0.129. The molecule has 4 heteroatoms. The first-order chi connectivity index (χ1) is 6.29. The molecule has 0 saturated carbocycles. The molecule has 0 atom stereocenters. The van der Waals surface area contributed by atoms with Gasteiger partial charge in [-0.05, 0) is 13.0 Å². The van der Waals surface area contributed by atoms with E-state index >= 15 is 0 Å². The van der Waals surface area contributed by atoms with Crippen LogP contribution in [0.4, 0.5) is 5.82 Å². The van der Waals surface area contributed by atoms with Crippen LogP contribution in [0.5, 0.6) is 0 Å². The van der Waals surface area contributed by atoms with E-state index in [2.05, 4.69) is 21.7 Å². The van der Waals surface area contributed by atoms with Crippen LogP contribution in [0.3, 0.4) is 0 Å². The minimum Gasteiger partial charge on any atom is -0.372 e. The summed E-state index contributed by atoms with van der Waals surface area (Å²) >= 11 is 0. The third kappa shape index (κ3) is 2.18. The van der Waals surface area contributed by atoms with E-state index in [1.54, 1.807) is 13.1 Å². The van der Waals surface area contributed by atoms with Crippen molar-refractivity contribution in [3.05, 3.63) is 23.9 Å². The van der Waals surface area contributed by atoms with E-state index in [0.29, 0.717) is 17.9 Å². The molecule has 0 saturated heterocycles. The van der Waals surface area contributed by atoms with Crippen molar-refractivity contribution in [2.45, 2.75) is 6.92 Å². The Morgan fingerprint density at radius 3 is 3.08 bits per heavy atom. The molecular formula is C9H12N3O. The third-order valence-electron chi connectivity index (χ3n) is 1.57. The summed E-state index contributed by atoms with van der Waals surface area (Å²) in [6, 6.07) is 4.38. The minimum absolute atomic E-state index is 0.129. The van der Waals surface area contributed by atoms with E-state index < -0.39 is 0 Å². The fraction of sp³-hybridized carbons (Fsp3) is 0.333. The number of hydrogen-bond donors (Lipinski definition) is 2. The van der Waals surface area contributed by atoms with Crippen LogP contribution in [-0.2, 0) is 0 Å². The number of carbonyl (C=O) groups excluding carboxylic acids is 1. The summed E-state index contributed by atoms with van der Waals surface area (Å²) in [5.41, 5.74) is 0.520. The Kier molecular flexibility index (Phi) is 3.25. The van der Waals surface area contributed by atoms with Crippen molar-refractivity contribution < 1.29 is 4.79 Å². The largest absolute Gasteiger partial charge is 0.372 e. The van der Waals surface area contributed by atoms with Crippen molar-refractivity contribution in [3.8, 4) is 0 Å². The normalized spacial score (nSPS) is 9.38. The molecular weight excluding hydrogens is 166 g/mol. The highest BCUT2D eigenvalue weighted by Crippen LogP contribution is 2.09. The van der Waals surface area contributed by atoms with Gasteiger partial charge in [0.25, 0.3) is 5.91 Å². The van der Waals surface area contributed by atoms with Crippen LogP contribution in [0.15, 0.2) is 12.3 Å². The van der Waals surface area contributed by atoms with Crippen molar-refractivity contribution in [2.75, 3.05) is 18.9 Å². The van der Waals surface area contributed by atoms with E-state index in [1.165, 1.54) is 6.20 Å². The van der Waals surface area contributed by atoms with Crippen molar-refractivity contribution in [2.24, 2.45) is 0 Å². The quantitative estimate of drug-likeness (QED) is 0.715. The lowest BCUT2D eigenvalue weighted by Crippen LogP contribution is -2.23. The lowest BCUT2D eigenvalue weighted by atomic mass is 10.2. The van der Waals surface area contributed by atoms with Gasteiger partial charge in [0.1, 0.15) is 5.82 Å². The van der Waals surface area contributed by atoms with Gasteiger partial charge < -0.3 is 10.6 Å². The standard InChI is InChI=1S/C9H12N3O/c1-3-11-9(13)7-5-4-6-12-8(7)10-2/h5-6H,3H2,1-2H3,(H,10,12)(H,11,13). The highest BCUT2D eigenvalue weighted by atomic mass is 16.1. The first-order valence-corrected chi connectivity index (χ1v) is 4.11. The lowest BCUT2D eigenvalue weighted by molar-refractivity contribution is 0.0956. The second-order valence-corrected chi connectivity index (χ2v) is 2.44. The first kappa shape index (κ1) is 9.51. The summed E-state index contributed by atoms with van der Waals surface area (Å²) in [5, 5.41) is 5.54. The van der Waals surface area contributed by atoms with Gasteiger partial charge in [-0.2, -0.15) is 0 Å². The molecule has 1 amide bonds. The predicted octanol–water partition coefficient (Wildman–Crippen LogP) is 0.673. The molecule has 1 radical (unpaired) electrons. The molecule has 13 heavy (non-hydrogen) atoms. The Bertz CT molecular complexity index is 299. The SMILES string of the molecule is CCNC(=O)c1c[c]cnc1NC. The number of nitrogens with one attached hydrogen (secondary N) is 2. The molecule has 0 fully saturated rings. The zero-order valence-electron chi connectivity index (χ0n) is 7.72. The molecule has 0 aliphatic heterocycles. The van der Waals surface area contributed by atoms with Gasteiger partial charge in [-0.25, -0.2) is 4.98 Å². The fourth-order valence-electron chi connectivity index (χ4n) is 0.988. The Balaban J connectivity index is 2.92. The summed E-state index contributed by atoms with van der Waals surface area (Å²) in [4.78, 5) is 15.4. The van der Waals surface area contributed by atoms with E-state index in [0.717, 1.165) is 0 Å². The number of rotatable bonds is 3. The summed E-state index contributed by atoms with van der Waals surface area (Å²) in [7, 11) is 1.73. The van der Waals surface area contributed by atoms with Gasteiger partial charge in [0.05, 0.1) is 5.56 Å². The number of aromatic nitrogens is 1. The molecule has 1 aromatic heterocycles. The molecule has 0 spiro atoms. The van der Waals surface area contributed by atoms with Crippen LogP contribution in [-0.4, -0.2) is 24.5 Å². The number of anilines is 1. The number of amides is 1. The summed E-state index contributed by atoms with van der Waals surface area (Å²) < 4.78 is 0. The Morgan fingerprint density at radius 1 is 1.69 bits per heavy atom. The Hall–Kier alpha value is -1.58. The molecule has 1 aromatic rings. The summed E-state index contributed by atoms with van der Waals surface area (Å²) in [6.45, 7) is 2.48. The third-order valence-corrected chi connectivity index (χ3v) is 1.57. The topological polar surface area (TPSA) is 54.0 Å². The molecule has 1 heterocycles. The molecule has 69 valence electrons. The monoisotopic (exact) mass is 178 g/mol. The van der Waals surface area contributed by atoms with E-state index in [-0.39, 0.29) is 5.91 Å². The maximum absolute atomic E-state index is 11.4. The first-order valence-electron chi connectivity index (χ1n) is 4.11. The van der Waals surface area contributed by atoms with Crippen LogP contribution in [0.25, 0.3) is 0 Å². The maximum atomic E-state index is 11.4. The van der Waals surface area contributed by atoms with Crippen LogP contribution >= 0.6 is 0 Å². The predicted molar refractivity (Wildman–Crippen MR) is 50.6 cm³/mol. The van der Waals surface area contributed by atoms with Crippen molar-refractivity contribution in [1.29, 1.82) is 0 Å². The van der Waals surface area contributed by atoms with Crippen LogP contribution in [0, 0.1) is 6.07 Å². The average molecular weight is 178 g/mol. The lowest BCUT2D eigenvalue weighted by Gasteiger charge is -2.06. The van der Waals surface area contributed by atoms with Crippen molar-refractivity contribution in [1.82, 2.24) is 10.3 Å². The van der Waals surface area contributed by atoms with E-state index in [1.807, 2.05) is 6.92 Å². The zero-order valence-corrected chi connectivity index (χ0v) is 7.72. The number of carbonyl (C=O) groups is 1. The Labute approximate surface area is 77.4 Å². The zero-order chi connectivity index (χ0) is 9.68. The van der Waals surface area contributed by atoms with Gasteiger partial charge in [-0.15, -0.1) is 0 Å². The average Bonchev–Trinajstić information content (AvgIpc) is 2.18. The van der Waals surface area contributed by atoms with Crippen molar-refractivity contribution in [3.63, 3.8) is 0 Å². The van der Waals surface area contributed by atoms with Gasteiger partial charge >= 0.3 is 0 Å². The van der Waals surface area contributed by atoms with Gasteiger partial charge in [-0.1, -0.05) is 0 Å². The van der Waals surface area contributed by atoms with Crippen LogP contribution < -0.4 is 10.6 Å². The van der Waals surface area contributed by atoms with Crippen molar-refractivity contribution >= 4 is 11.7 Å². The van der Waals surface area contributed by atoms with E-state index in [9.17, 15) is 4.79 Å². The maximum Gasteiger partial charge on any atom is 0.255 e. The number of pyridine rings is 1. The highest BCUT2D eigenvalue weighted by Gasteiger charge is 2.08. The second-order valence-electron chi connectivity index (χ2n) is 2.44. The molecule has 0 aliphatic carbocycles. The molecule has 0 bridgehead atoms. The molecule has 0 aromatic carbocycles. The number of nitrogens with zero attached hydrogens (tertiary/aromatic N) is 1. The van der Waals surface area contributed by atoms with Gasteiger partial charge in [0, 0.05) is 25.9 Å². The highest BCUT2D eigenvalue weighted by molar-refractivity contribution is 5.98. The smallest absolute Gasteiger partial charge is 0.255 e. The van der Waals surface area contributed by atoms with Gasteiger partial charge in [0.15, 0.2) is 0 Å². The summed E-state index contributed by atoms with van der Waals surface area (Å²) in [5.74, 6) is 0.445. The summed E-state index contributed by atoms with van der Waals surface area (Å²) in [6.07, 6.45) is 1.52. The second kappa shape index (κ2) is 4.45. The molecule has 1 rings (SSSR count). The van der Waals surface area contributed by atoms with Crippen LogP contribution in [0.1, 0.15) is 17.3 Å².